The quantitative estimate of drug-likeness (QED) is 0.673. The van der Waals surface area contributed by atoms with Gasteiger partial charge in [-0.25, -0.2) is 4.98 Å². The summed E-state index contributed by atoms with van der Waals surface area (Å²) >= 11 is 0. The lowest BCUT2D eigenvalue weighted by Gasteiger charge is -2.04. The zero-order valence-electron chi connectivity index (χ0n) is 13.0. The highest BCUT2D eigenvalue weighted by molar-refractivity contribution is 5.92. The predicted molar refractivity (Wildman–Crippen MR) is 85.7 cm³/mol. The van der Waals surface area contributed by atoms with Crippen LogP contribution in [0.1, 0.15) is 41.8 Å². The molecule has 0 bridgehead atoms. The first kappa shape index (κ1) is 15.0. The smallest absolute Gasteiger partial charge is 0.270 e. The van der Waals surface area contributed by atoms with Gasteiger partial charge in [-0.3, -0.25) is 14.9 Å². The van der Waals surface area contributed by atoms with Gasteiger partial charge in [0.2, 0.25) is 0 Å². The molecule has 0 atom stereocenters. The van der Waals surface area contributed by atoms with Crippen LogP contribution in [-0.2, 0) is 6.54 Å². The fraction of sp³-hybridized carbons (Fsp3) is 0.250. The molecule has 0 aliphatic rings. The maximum atomic E-state index is 12.1. The number of hydrogen-bond donors (Lipinski definition) is 3. The second kappa shape index (κ2) is 6.43. The summed E-state index contributed by atoms with van der Waals surface area (Å²) in [5.41, 5.74) is 3.09. The summed E-state index contributed by atoms with van der Waals surface area (Å²) in [6.45, 7) is 4.52. The summed E-state index contributed by atoms with van der Waals surface area (Å²) in [6, 6.07) is 3.55. The van der Waals surface area contributed by atoms with E-state index in [0.29, 0.717) is 18.2 Å². The molecule has 0 saturated heterocycles. The Kier molecular flexibility index (Phi) is 4.18. The molecule has 0 fully saturated rings. The number of imidazole rings is 1. The molecule has 7 heteroatoms. The Balaban J connectivity index is 1.61. The van der Waals surface area contributed by atoms with Gasteiger partial charge in [-0.2, -0.15) is 5.10 Å². The van der Waals surface area contributed by atoms with Crippen molar-refractivity contribution in [3.05, 3.63) is 54.1 Å². The van der Waals surface area contributed by atoms with Crippen molar-refractivity contribution < 1.29 is 4.79 Å². The molecular weight excluding hydrogens is 292 g/mol. The van der Waals surface area contributed by atoms with E-state index in [2.05, 4.69) is 44.3 Å². The van der Waals surface area contributed by atoms with Crippen LogP contribution in [0.25, 0.3) is 11.1 Å². The van der Waals surface area contributed by atoms with Gasteiger partial charge in [-0.05, 0) is 6.07 Å². The van der Waals surface area contributed by atoms with Crippen LogP contribution in [0.4, 0.5) is 0 Å². The molecule has 0 aliphatic heterocycles. The van der Waals surface area contributed by atoms with E-state index in [1.54, 1.807) is 30.9 Å². The average molecular weight is 310 g/mol. The Morgan fingerprint density at radius 3 is 2.65 bits per heavy atom. The zero-order valence-corrected chi connectivity index (χ0v) is 13.0. The fourth-order valence-electron chi connectivity index (χ4n) is 2.13. The van der Waals surface area contributed by atoms with Crippen LogP contribution in [-0.4, -0.2) is 31.1 Å². The number of amides is 1. The highest BCUT2D eigenvalue weighted by Crippen LogP contribution is 2.16. The molecule has 23 heavy (non-hydrogen) atoms. The van der Waals surface area contributed by atoms with Gasteiger partial charge in [0.15, 0.2) is 0 Å². The van der Waals surface area contributed by atoms with E-state index in [9.17, 15) is 4.79 Å². The van der Waals surface area contributed by atoms with Crippen LogP contribution in [0.5, 0.6) is 0 Å². The highest BCUT2D eigenvalue weighted by Gasteiger charge is 2.09. The van der Waals surface area contributed by atoms with Crippen LogP contribution in [0.2, 0.25) is 0 Å². The predicted octanol–water partition coefficient (Wildman–Crippen LogP) is 2.25. The number of nitrogens with zero attached hydrogens (tertiary/aromatic N) is 3. The van der Waals surface area contributed by atoms with Crippen molar-refractivity contribution in [2.75, 3.05) is 0 Å². The monoisotopic (exact) mass is 310 g/mol. The number of carbonyl (C=O) groups is 1. The molecule has 0 saturated carbocycles. The Bertz CT molecular complexity index is 773. The normalized spacial score (nSPS) is 10.9. The topological polar surface area (TPSA) is 99.3 Å². The maximum absolute atomic E-state index is 12.1. The number of hydrogen-bond acceptors (Lipinski definition) is 4. The van der Waals surface area contributed by atoms with Gasteiger partial charge in [0, 0.05) is 29.4 Å². The highest BCUT2D eigenvalue weighted by atomic mass is 16.1. The van der Waals surface area contributed by atoms with Gasteiger partial charge < -0.3 is 10.3 Å². The SMILES string of the molecule is CC(C)c1ncc(CNC(=O)c2ccc(-c3cn[nH]c3)cn2)[nH]1. The molecule has 118 valence electrons. The molecule has 0 aliphatic carbocycles. The van der Waals surface area contributed by atoms with Crippen molar-refractivity contribution >= 4 is 5.91 Å². The van der Waals surface area contributed by atoms with Crippen molar-refractivity contribution in [2.45, 2.75) is 26.3 Å². The standard InChI is InChI=1S/C16H18N6O/c1-10(2)15-18-8-13(22-15)9-19-16(23)14-4-3-11(5-17-14)12-6-20-21-7-12/h3-8,10H,9H2,1-2H3,(H,18,22)(H,19,23)(H,20,21). The molecule has 0 radical (unpaired) electrons. The van der Waals surface area contributed by atoms with Crippen LogP contribution >= 0.6 is 0 Å². The number of carbonyl (C=O) groups excluding carboxylic acids is 1. The molecule has 0 spiro atoms. The van der Waals surface area contributed by atoms with Crippen LogP contribution in [0.15, 0.2) is 36.9 Å². The van der Waals surface area contributed by atoms with E-state index >= 15 is 0 Å². The lowest BCUT2D eigenvalue weighted by molar-refractivity contribution is 0.0945. The number of aromatic amines is 2. The van der Waals surface area contributed by atoms with E-state index in [4.69, 9.17) is 0 Å². The maximum Gasteiger partial charge on any atom is 0.270 e. The van der Waals surface area contributed by atoms with Gasteiger partial charge in [0.25, 0.3) is 5.91 Å². The van der Waals surface area contributed by atoms with Crippen molar-refractivity contribution in [1.29, 1.82) is 0 Å². The third-order valence-corrected chi connectivity index (χ3v) is 3.46. The molecule has 0 unspecified atom stereocenters. The van der Waals surface area contributed by atoms with Crippen molar-refractivity contribution in [3.63, 3.8) is 0 Å². The summed E-state index contributed by atoms with van der Waals surface area (Å²) < 4.78 is 0. The number of rotatable bonds is 5. The Morgan fingerprint density at radius 2 is 2.04 bits per heavy atom. The summed E-state index contributed by atoms with van der Waals surface area (Å²) in [7, 11) is 0. The minimum Gasteiger partial charge on any atom is -0.345 e. The van der Waals surface area contributed by atoms with Gasteiger partial charge in [0.1, 0.15) is 11.5 Å². The minimum absolute atomic E-state index is 0.218. The van der Waals surface area contributed by atoms with Gasteiger partial charge in [-0.1, -0.05) is 19.9 Å². The first-order valence-electron chi connectivity index (χ1n) is 7.40. The van der Waals surface area contributed by atoms with Gasteiger partial charge >= 0.3 is 0 Å². The zero-order chi connectivity index (χ0) is 16.2. The van der Waals surface area contributed by atoms with E-state index in [-0.39, 0.29) is 5.91 Å². The van der Waals surface area contributed by atoms with E-state index < -0.39 is 0 Å². The lowest BCUT2D eigenvalue weighted by Crippen LogP contribution is -2.23. The molecule has 3 rings (SSSR count). The number of pyridine rings is 1. The second-order valence-corrected chi connectivity index (χ2v) is 5.55. The van der Waals surface area contributed by atoms with Gasteiger partial charge in [0.05, 0.1) is 24.6 Å². The van der Waals surface area contributed by atoms with Crippen LogP contribution in [0, 0.1) is 0 Å². The summed E-state index contributed by atoms with van der Waals surface area (Å²) in [5.74, 6) is 1.03. The number of aromatic nitrogens is 5. The third-order valence-electron chi connectivity index (χ3n) is 3.46. The minimum atomic E-state index is -0.218. The summed E-state index contributed by atoms with van der Waals surface area (Å²) in [4.78, 5) is 23.8. The lowest BCUT2D eigenvalue weighted by atomic mass is 10.1. The third kappa shape index (κ3) is 3.45. The Morgan fingerprint density at radius 1 is 1.17 bits per heavy atom. The average Bonchev–Trinajstić information content (AvgIpc) is 3.24. The first-order valence-corrected chi connectivity index (χ1v) is 7.40. The summed E-state index contributed by atoms with van der Waals surface area (Å²) in [5, 5.41) is 9.47. The molecule has 3 heterocycles. The van der Waals surface area contributed by atoms with E-state index in [1.807, 2.05) is 6.07 Å². The Labute approximate surface area is 133 Å². The van der Waals surface area contributed by atoms with Crippen molar-refractivity contribution in [2.24, 2.45) is 0 Å². The molecule has 7 nitrogen and oxygen atoms in total. The molecule has 3 aromatic heterocycles. The van der Waals surface area contributed by atoms with E-state index in [1.165, 1.54) is 0 Å². The van der Waals surface area contributed by atoms with Crippen LogP contribution < -0.4 is 5.32 Å². The molecule has 0 aromatic carbocycles. The molecular formula is C16H18N6O. The molecule has 3 N–H and O–H groups in total. The molecule has 1 amide bonds. The summed E-state index contributed by atoms with van der Waals surface area (Å²) in [6.07, 6.45) is 6.89. The first-order chi connectivity index (χ1) is 11.1. The number of nitrogens with one attached hydrogen (secondary N) is 3. The van der Waals surface area contributed by atoms with Crippen molar-refractivity contribution in [1.82, 2.24) is 30.5 Å². The largest absolute Gasteiger partial charge is 0.345 e. The van der Waals surface area contributed by atoms with Crippen LogP contribution in [0.3, 0.4) is 0 Å². The second-order valence-electron chi connectivity index (χ2n) is 5.55. The molecule has 3 aromatic rings. The van der Waals surface area contributed by atoms with E-state index in [0.717, 1.165) is 22.6 Å². The van der Waals surface area contributed by atoms with Gasteiger partial charge in [-0.15, -0.1) is 0 Å². The Hall–Kier alpha value is -2.96. The van der Waals surface area contributed by atoms with Crippen molar-refractivity contribution in [3.8, 4) is 11.1 Å². The fourth-order valence-corrected chi connectivity index (χ4v) is 2.13. The number of H-pyrrole nitrogens is 2.